The number of hydrogen-bond donors (Lipinski definition) is 0. The second-order valence-corrected chi connectivity index (χ2v) is 8.29. The number of rotatable bonds is 8. The zero-order chi connectivity index (χ0) is 23.3. The van der Waals surface area contributed by atoms with Crippen molar-refractivity contribution >= 4 is 50.6 Å². The molecule has 0 aliphatic carbocycles. The molecule has 1 aliphatic heterocycles. The third-order valence-electron chi connectivity index (χ3n) is 4.29. The first-order valence-corrected chi connectivity index (χ1v) is 11.0. The number of nitro groups is 1. The molecular weight excluding hydrogens is 500 g/mol. The number of benzene rings is 2. The molecule has 2 amide bonds. The number of imide groups is 1. The summed E-state index contributed by atoms with van der Waals surface area (Å²) in [6.45, 7) is 2.19. The van der Waals surface area contributed by atoms with Gasteiger partial charge in [0.05, 0.1) is 23.0 Å². The van der Waals surface area contributed by atoms with Crippen LogP contribution in [0, 0.1) is 22.5 Å². The van der Waals surface area contributed by atoms with Crippen molar-refractivity contribution in [3.05, 3.63) is 67.0 Å². The summed E-state index contributed by atoms with van der Waals surface area (Å²) in [5.74, 6) is 2.69. The Morgan fingerprint density at radius 1 is 1.25 bits per heavy atom. The maximum Gasteiger partial charge on any atom is 0.294 e. The summed E-state index contributed by atoms with van der Waals surface area (Å²) in [4.78, 5) is 36.2. The van der Waals surface area contributed by atoms with Crippen LogP contribution in [0.3, 0.4) is 0 Å². The third-order valence-corrected chi connectivity index (χ3v) is 5.88. The summed E-state index contributed by atoms with van der Waals surface area (Å²) in [6.07, 6.45) is 6.80. The maximum atomic E-state index is 12.4. The van der Waals surface area contributed by atoms with Gasteiger partial charge in [0.1, 0.15) is 6.61 Å². The second kappa shape index (κ2) is 10.3. The SMILES string of the molecule is C#CCN1C(=O)S/C(=C/c2cc(OCC)c(OCc3cccc([N+](=O)[O-])c3)cc2Br)C1=O. The molecule has 32 heavy (non-hydrogen) atoms. The first kappa shape index (κ1) is 23.4. The molecule has 2 aromatic carbocycles. The van der Waals surface area contributed by atoms with Crippen LogP contribution in [0.1, 0.15) is 18.1 Å². The molecule has 1 saturated heterocycles. The standard InChI is InChI=1S/C22H17BrN2O6S/c1-3-8-24-21(26)20(32-22(24)27)11-15-10-18(30-4-2)19(12-17(15)23)31-13-14-6-5-7-16(9-14)25(28)29/h1,5-7,9-12H,4,8,13H2,2H3/b20-11+. The third kappa shape index (κ3) is 5.30. The van der Waals surface area contributed by atoms with Crippen LogP contribution in [0.5, 0.6) is 11.5 Å². The highest BCUT2D eigenvalue weighted by Crippen LogP contribution is 2.38. The molecule has 0 bridgehead atoms. The van der Waals surface area contributed by atoms with E-state index in [1.807, 2.05) is 6.92 Å². The van der Waals surface area contributed by atoms with E-state index in [9.17, 15) is 19.7 Å². The number of nitro benzene ring substituents is 1. The normalized spacial score (nSPS) is 14.5. The van der Waals surface area contributed by atoms with E-state index in [-0.39, 0.29) is 23.7 Å². The predicted octanol–water partition coefficient (Wildman–Crippen LogP) is 5.00. The van der Waals surface area contributed by atoms with Gasteiger partial charge in [0.2, 0.25) is 0 Å². The van der Waals surface area contributed by atoms with Gasteiger partial charge in [-0.15, -0.1) is 6.42 Å². The van der Waals surface area contributed by atoms with Crippen molar-refractivity contribution in [2.45, 2.75) is 13.5 Å². The number of terminal acetylenes is 1. The van der Waals surface area contributed by atoms with E-state index in [4.69, 9.17) is 15.9 Å². The van der Waals surface area contributed by atoms with Gasteiger partial charge in [0, 0.05) is 16.6 Å². The first-order valence-electron chi connectivity index (χ1n) is 9.35. The molecule has 0 radical (unpaired) electrons. The molecule has 2 aromatic rings. The number of hydrogen-bond acceptors (Lipinski definition) is 7. The van der Waals surface area contributed by atoms with E-state index in [1.165, 1.54) is 12.1 Å². The molecule has 164 valence electrons. The molecule has 0 N–H and O–H groups in total. The zero-order valence-electron chi connectivity index (χ0n) is 16.9. The smallest absolute Gasteiger partial charge is 0.294 e. The Bertz CT molecular complexity index is 1160. The van der Waals surface area contributed by atoms with Gasteiger partial charge in [-0.05, 0) is 48.0 Å². The van der Waals surface area contributed by atoms with Gasteiger partial charge in [-0.25, -0.2) is 0 Å². The Morgan fingerprint density at radius 2 is 2.00 bits per heavy atom. The van der Waals surface area contributed by atoms with Gasteiger partial charge in [-0.2, -0.15) is 0 Å². The topological polar surface area (TPSA) is 99.0 Å². The van der Waals surface area contributed by atoms with Crippen LogP contribution in [0.25, 0.3) is 6.08 Å². The molecular formula is C22H17BrN2O6S. The molecule has 0 unspecified atom stereocenters. The number of ether oxygens (including phenoxy) is 2. The van der Waals surface area contributed by atoms with E-state index in [2.05, 4.69) is 21.9 Å². The maximum absolute atomic E-state index is 12.4. The Labute approximate surface area is 196 Å². The van der Waals surface area contributed by atoms with Crippen molar-refractivity contribution in [3.63, 3.8) is 0 Å². The van der Waals surface area contributed by atoms with Crippen molar-refractivity contribution in [3.8, 4) is 23.8 Å². The van der Waals surface area contributed by atoms with Crippen LogP contribution in [0.15, 0.2) is 45.8 Å². The van der Waals surface area contributed by atoms with Crippen molar-refractivity contribution in [2.24, 2.45) is 0 Å². The lowest BCUT2D eigenvalue weighted by atomic mass is 10.1. The molecule has 0 saturated carbocycles. The van der Waals surface area contributed by atoms with Crippen molar-refractivity contribution in [1.82, 2.24) is 4.90 Å². The highest BCUT2D eigenvalue weighted by molar-refractivity contribution is 9.10. The van der Waals surface area contributed by atoms with E-state index >= 15 is 0 Å². The fourth-order valence-electron chi connectivity index (χ4n) is 2.83. The fourth-order valence-corrected chi connectivity index (χ4v) is 4.10. The molecule has 3 rings (SSSR count). The van der Waals surface area contributed by atoms with Gasteiger partial charge in [0.15, 0.2) is 11.5 Å². The number of amides is 2. The lowest BCUT2D eigenvalue weighted by Crippen LogP contribution is -2.28. The van der Waals surface area contributed by atoms with Crippen LogP contribution < -0.4 is 9.47 Å². The summed E-state index contributed by atoms with van der Waals surface area (Å²) in [5.41, 5.74) is 1.22. The largest absolute Gasteiger partial charge is 0.490 e. The number of nitrogens with zero attached hydrogens (tertiary/aromatic N) is 2. The summed E-state index contributed by atoms with van der Waals surface area (Å²) >= 11 is 4.27. The van der Waals surface area contributed by atoms with Crippen LogP contribution in [-0.2, 0) is 11.4 Å². The van der Waals surface area contributed by atoms with Crippen molar-refractivity contribution in [2.75, 3.05) is 13.2 Å². The number of non-ortho nitro benzene ring substituents is 1. The summed E-state index contributed by atoms with van der Waals surface area (Å²) in [7, 11) is 0. The molecule has 8 nitrogen and oxygen atoms in total. The molecule has 1 aliphatic rings. The number of thioether (sulfide) groups is 1. The van der Waals surface area contributed by atoms with Crippen LogP contribution in [0.2, 0.25) is 0 Å². The average molecular weight is 517 g/mol. The molecule has 10 heteroatoms. The van der Waals surface area contributed by atoms with Gasteiger partial charge in [-0.3, -0.25) is 24.6 Å². The van der Waals surface area contributed by atoms with E-state index in [1.54, 1.807) is 30.3 Å². The molecule has 0 atom stereocenters. The number of halogens is 1. The minimum Gasteiger partial charge on any atom is -0.490 e. The lowest BCUT2D eigenvalue weighted by Gasteiger charge is -2.14. The summed E-state index contributed by atoms with van der Waals surface area (Å²) < 4.78 is 12.1. The Morgan fingerprint density at radius 3 is 2.69 bits per heavy atom. The van der Waals surface area contributed by atoms with Crippen LogP contribution >= 0.6 is 27.7 Å². The zero-order valence-corrected chi connectivity index (χ0v) is 19.3. The fraction of sp³-hybridized carbons (Fsp3) is 0.182. The van der Waals surface area contributed by atoms with Gasteiger partial charge < -0.3 is 9.47 Å². The highest BCUT2D eigenvalue weighted by Gasteiger charge is 2.34. The minimum atomic E-state index is -0.466. The molecule has 0 spiro atoms. The summed E-state index contributed by atoms with van der Waals surface area (Å²) in [6, 6.07) is 9.53. The van der Waals surface area contributed by atoms with Gasteiger partial charge in [-0.1, -0.05) is 34.0 Å². The molecule has 0 aromatic heterocycles. The Balaban J connectivity index is 1.86. The molecule has 1 heterocycles. The number of carbonyl (C=O) groups excluding carboxylic acids is 2. The van der Waals surface area contributed by atoms with Crippen LogP contribution in [0.4, 0.5) is 10.5 Å². The van der Waals surface area contributed by atoms with Gasteiger partial charge in [0.25, 0.3) is 16.8 Å². The minimum absolute atomic E-state index is 0.0218. The van der Waals surface area contributed by atoms with E-state index in [0.717, 1.165) is 16.7 Å². The van der Waals surface area contributed by atoms with E-state index in [0.29, 0.717) is 33.7 Å². The van der Waals surface area contributed by atoms with Crippen molar-refractivity contribution in [1.29, 1.82) is 0 Å². The summed E-state index contributed by atoms with van der Waals surface area (Å²) in [5, 5.41) is 10.5. The second-order valence-electron chi connectivity index (χ2n) is 6.44. The number of carbonyl (C=O) groups is 2. The van der Waals surface area contributed by atoms with Gasteiger partial charge >= 0.3 is 0 Å². The highest BCUT2D eigenvalue weighted by atomic mass is 79.9. The predicted molar refractivity (Wildman–Crippen MR) is 124 cm³/mol. The Kier molecular flexibility index (Phi) is 7.56. The van der Waals surface area contributed by atoms with E-state index < -0.39 is 16.1 Å². The van der Waals surface area contributed by atoms with Crippen LogP contribution in [-0.4, -0.2) is 34.1 Å². The lowest BCUT2D eigenvalue weighted by molar-refractivity contribution is -0.384. The van der Waals surface area contributed by atoms with Crippen molar-refractivity contribution < 1.29 is 24.0 Å². The monoisotopic (exact) mass is 516 g/mol. The molecule has 1 fully saturated rings. The Hall–Kier alpha value is -3.29. The quantitative estimate of drug-likeness (QED) is 0.210. The first-order chi connectivity index (χ1) is 15.3. The average Bonchev–Trinajstić information content (AvgIpc) is 3.03.